The van der Waals surface area contributed by atoms with Crippen LogP contribution in [0.2, 0.25) is 0 Å². The van der Waals surface area contributed by atoms with E-state index in [9.17, 15) is 0 Å². The van der Waals surface area contributed by atoms with E-state index in [-0.39, 0.29) is 93.0 Å². The Kier molecular flexibility index (Phi) is 276. The molecule has 0 heterocycles. The summed E-state index contributed by atoms with van der Waals surface area (Å²) < 4.78 is 0. The molecule has 5 heavy (non-hydrogen) atoms. The molecule has 0 aliphatic rings. The van der Waals surface area contributed by atoms with Crippen LogP contribution in [0.3, 0.4) is 0 Å². The normalized spacial score (nSPS) is 0. The molecule has 0 nitrogen and oxygen atoms in total. The van der Waals surface area contributed by atoms with Gasteiger partial charge in [-0.1, -0.05) is 0 Å². The van der Waals surface area contributed by atoms with Gasteiger partial charge in [0.05, 0.1) is 0 Å². The summed E-state index contributed by atoms with van der Waals surface area (Å²) in [7, 11) is 0. The van der Waals surface area contributed by atoms with Crippen LogP contribution < -0.4 is 0 Å². The molecule has 33 valence electrons. The molecule has 0 N–H and O–H groups in total. The van der Waals surface area contributed by atoms with Crippen LogP contribution in [0.5, 0.6) is 0 Å². The molecule has 0 saturated carbocycles. The van der Waals surface area contributed by atoms with Gasteiger partial charge in [-0.15, -0.1) is 0 Å². The molecule has 0 saturated heterocycles. The zero-order chi connectivity index (χ0) is 0. The third kappa shape index (κ3) is 20.1. The molecule has 1 radical (unpaired) electrons. The van der Waals surface area contributed by atoms with Gasteiger partial charge in [-0.05, 0) is 11.0 Å². The summed E-state index contributed by atoms with van der Waals surface area (Å²) in [6.45, 7) is 0. The molecular formula is H9AlCuMgSiTi. The van der Waals surface area contributed by atoms with E-state index >= 15 is 0 Å². The molecule has 0 amide bonds. The van der Waals surface area contributed by atoms with Gasteiger partial charge < -0.3 is 2.85 Å². The van der Waals surface area contributed by atoms with Crippen molar-refractivity contribution in [3.63, 3.8) is 0 Å². The molecule has 0 atom stereocenters. The second-order valence-electron chi connectivity index (χ2n) is 0. The molecule has 0 bridgehead atoms. The van der Waals surface area contributed by atoms with E-state index in [2.05, 4.69) is 0 Å². The number of rotatable bonds is 0. The van der Waals surface area contributed by atoms with E-state index in [1.165, 1.54) is 0 Å². The van der Waals surface area contributed by atoms with E-state index in [1.54, 1.807) is 0 Å². The van der Waals surface area contributed by atoms with Gasteiger partial charge in [-0.2, -0.15) is 0 Å². The molecule has 0 aromatic rings. The van der Waals surface area contributed by atoms with Crippen molar-refractivity contribution in [1.29, 1.82) is 0 Å². The summed E-state index contributed by atoms with van der Waals surface area (Å²) in [4.78, 5) is 0. The van der Waals surface area contributed by atoms with Gasteiger partial charge in [0.1, 0.15) is 0 Å². The SMILES string of the molecule is [AlH3].[Cu].[H-].[H-].[Mg+2].[SiH4].[Ti]. The van der Waals surface area contributed by atoms with Gasteiger partial charge in [0.25, 0.3) is 0 Å². The zero-order valence-corrected chi connectivity index (χ0v) is 5.43. The van der Waals surface area contributed by atoms with E-state index in [1.807, 2.05) is 0 Å². The van der Waals surface area contributed by atoms with Gasteiger partial charge in [-0.3, -0.25) is 0 Å². The van der Waals surface area contributed by atoms with E-state index in [0.29, 0.717) is 0 Å². The van der Waals surface area contributed by atoms with Crippen molar-refractivity contribution >= 4 is 51.4 Å². The molecule has 0 rings (SSSR count). The summed E-state index contributed by atoms with van der Waals surface area (Å²) in [6.07, 6.45) is 0. The molecule has 0 unspecified atom stereocenters. The topological polar surface area (TPSA) is 0 Å². The standard InChI is InChI=1S/Al.Cu.Mg.H4Si.Ti.5H/h;;;1H4;;;;;;/q;;+2;;;;;;2*-1. The minimum Gasteiger partial charge on any atom is -1.00 e. The molecule has 0 aliphatic carbocycles. The summed E-state index contributed by atoms with van der Waals surface area (Å²) in [6, 6.07) is 0. The van der Waals surface area contributed by atoms with Crippen molar-refractivity contribution in [1.82, 2.24) is 0 Å². The van der Waals surface area contributed by atoms with Crippen LogP contribution in [0, 0.1) is 0 Å². The van der Waals surface area contributed by atoms with Crippen molar-refractivity contribution in [2.24, 2.45) is 0 Å². The van der Waals surface area contributed by atoms with E-state index in [0.717, 1.165) is 0 Å². The van der Waals surface area contributed by atoms with Gasteiger partial charge in [0.15, 0.2) is 17.4 Å². The van der Waals surface area contributed by atoms with Crippen molar-refractivity contribution in [2.75, 3.05) is 0 Å². The maximum Gasteiger partial charge on any atom is 2.00 e. The van der Waals surface area contributed by atoms with Crippen molar-refractivity contribution in [2.45, 2.75) is 0 Å². The van der Waals surface area contributed by atoms with Crippen molar-refractivity contribution in [3.05, 3.63) is 0 Å². The predicted molar refractivity (Wildman–Crippen MR) is 29.3 cm³/mol. The molecule has 0 spiro atoms. The van der Waals surface area contributed by atoms with E-state index < -0.39 is 0 Å². The van der Waals surface area contributed by atoms with Crippen LogP contribution in [0.25, 0.3) is 0 Å². The fraction of sp³-hybridized carbons (Fsp3) is 0. The van der Waals surface area contributed by atoms with Crippen LogP contribution in [-0.4, -0.2) is 51.4 Å². The van der Waals surface area contributed by atoms with Crippen LogP contribution in [0.15, 0.2) is 0 Å². The fourth-order valence-electron chi connectivity index (χ4n) is 0. The van der Waals surface area contributed by atoms with Gasteiger partial charge in [0, 0.05) is 38.8 Å². The second-order valence-corrected chi connectivity index (χ2v) is 0. The predicted octanol–water partition coefficient (Wildman–Crippen LogP) is -2.80. The third-order valence-electron chi connectivity index (χ3n) is 0. The average Bonchev–Trinajstić information content (AvgIpc) is 0. The van der Waals surface area contributed by atoms with Crippen LogP contribution in [-0.2, 0) is 38.8 Å². The minimum absolute atomic E-state index is 0. The Morgan fingerprint density at radius 3 is 1.20 bits per heavy atom. The Labute approximate surface area is 91.9 Å². The third-order valence-corrected chi connectivity index (χ3v) is 0. The monoisotopic (exact) mass is 199 g/mol. The first-order chi connectivity index (χ1) is 0. The zero-order valence-electron chi connectivity index (χ0n) is 3.51. The smallest absolute Gasteiger partial charge is 1.00 e. The first kappa shape index (κ1) is 46.7. The Hall–Kier alpha value is 2.75. The molecule has 5 heteroatoms. The molecule has 0 aliphatic heterocycles. The maximum atomic E-state index is 0. The van der Waals surface area contributed by atoms with Gasteiger partial charge in [0.2, 0.25) is 0 Å². The van der Waals surface area contributed by atoms with Crippen LogP contribution in [0.1, 0.15) is 2.85 Å². The largest absolute Gasteiger partial charge is 2.00 e. The second kappa shape index (κ2) is 29.5. The minimum atomic E-state index is 0. The van der Waals surface area contributed by atoms with Crippen LogP contribution in [0.4, 0.5) is 0 Å². The molecule has 0 fully saturated rings. The summed E-state index contributed by atoms with van der Waals surface area (Å²) in [5, 5.41) is 0. The Morgan fingerprint density at radius 1 is 1.20 bits per heavy atom. The van der Waals surface area contributed by atoms with Crippen molar-refractivity contribution in [3.8, 4) is 0 Å². The Balaban J connectivity index is 0. The summed E-state index contributed by atoms with van der Waals surface area (Å²) in [5.41, 5.74) is 0. The summed E-state index contributed by atoms with van der Waals surface area (Å²) in [5.74, 6) is 0. The van der Waals surface area contributed by atoms with Gasteiger partial charge in [-0.25, -0.2) is 0 Å². The molecule has 0 aromatic carbocycles. The molecular weight excluding hydrogens is 191 g/mol. The Bertz CT molecular complexity index is 17.7. The average molecular weight is 200 g/mol. The van der Waals surface area contributed by atoms with Crippen molar-refractivity contribution < 1.29 is 41.6 Å². The van der Waals surface area contributed by atoms with Gasteiger partial charge >= 0.3 is 23.1 Å². The summed E-state index contributed by atoms with van der Waals surface area (Å²) >= 11 is 0. The fourth-order valence-corrected chi connectivity index (χ4v) is 0. The van der Waals surface area contributed by atoms with E-state index in [4.69, 9.17) is 0 Å². The molecule has 0 aromatic heterocycles. The Morgan fingerprint density at radius 2 is 1.20 bits per heavy atom. The quantitative estimate of drug-likeness (QED) is 0.370. The first-order valence-electron chi connectivity index (χ1n) is 0. The number of hydrogen-bond acceptors (Lipinski definition) is 0. The maximum absolute atomic E-state index is 0. The number of hydrogen-bond donors (Lipinski definition) is 0. The first-order valence-corrected chi connectivity index (χ1v) is 0. The van der Waals surface area contributed by atoms with Crippen LogP contribution >= 0.6 is 0 Å².